The SMILES string of the molecule is CCCNC(=O)CNc1cc(NC(C)=O)ccc1OC. The molecule has 0 saturated carbocycles. The molecule has 0 radical (unpaired) electrons. The number of carbonyl (C=O) groups excluding carboxylic acids is 2. The summed E-state index contributed by atoms with van der Waals surface area (Å²) < 4.78 is 5.21. The Bertz CT molecular complexity index is 475. The number of rotatable bonds is 7. The molecule has 1 rings (SSSR count). The quantitative estimate of drug-likeness (QED) is 0.708. The zero-order chi connectivity index (χ0) is 15.0. The van der Waals surface area contributed by atoms with Gasteiger partial charge in [-0.15, -0.1) is 0 Å². The van der Waals surface area contributed by atoms with Crippen LogP contribution >= 0.6 is 0 Å². The third kappa shape index (κ3) is 5.17. The van der Waals surface area contributed by atoms with Gasteiger partial charge in [-0.2, -0.15) is 0 Å². The molecule has 1 aromatic carbocycles. The minimum atomic E-state index is -0.151. The second-order valence-corrected chi connectivity index (χ2v) is 4.30. The molecule has 0 bridgehead atoms. The monoisotopic (exact) mass is 279 g/mol. The van der Waals surface area contributed by atoms with E-state index in [-0.39, 0.29) is 18.4 Å². The van der Waals surface area contributed by atoms with Crippen LogP contribution in [0.1, 0.15) is 20.3 Å². The molecule has 0 fully saturated rings. The first-order valence-corrected chi connectivity index (χ1v) is 6.53. The van der Waals surface area contributed by atoms with Crippen LogP contribution in [-0.4, -0.2) is 32.0 Å². The summed E-state index contributed by atoms with van der Waals surface area (Å²) in [4.78, 5) is 22.6. The molecule has 20 heavy (non-hydrogen) atoms. The van der Waals surface area contributed by atoms with E-state index in [1.54, 1.807) is 25.3 Å². The molecule has 2 amide bonds. The van der Waals surface area contributed by atoms with Gasteiger partial charge in [0.15, 0.2) is 0 Å². The maximum atomic E-state index is 11.6. The Hall–Kier alpha value is -2.24. The number of benzene rings is 1. The molecular formula is C14H21N3O3. The van der Waals surface area contributed by atoms with E-state index < -0.39 is 0 Å². The van der Waals surface area contributed by atoms with Crippen LogP contribution in [0.4, 0.5) is 11.4 Å². The Balaban J connectivity index is 2.70. The predicted octanol–water partition coefficient (Wildman–Crippen LogP) is 1.59. The number of amides is 2. The van der Waals surface area contributed by atoms with Crippen molar-refractivity contribution in [2.75, 3.05) is 30.8 Å². The van der Waals surface area contributed by atoms with Gasteiger partial charge in [0.1, 0.15) is 5.75 Å². The minimum Gasteiger partial charge on any atom is -0.495 e. The highest BCUT2D eigenvalue weighted by Crippen LogP contribution is 2.27. The highest BCUT2D eigenvalue weighted by molar-refractivity contribution is 5.90. The van der Waals surface area contributed by atoms with Crippen LogP contribution in [0, 0.1) is 0 Å². The summed E-state index contributed by atoms with van der Waals surface area (Å²) in [6, 6.07) is 5.20. The van der Waals surface area contributed by atoms with Gasteiger partial charge in [-0.25, -0.2) is 0 Å². The predicted molar refractivity (Wildman–Crippen MR) is 79.1 cm³/mol. The van der Waals surface area contributed by atoms with Gasteiger partial charge in [-0.05, 0) is 24.6 Å². The van der Waals surface area contributed by atoms with Gasteiger partial charge in [0.2, 0.25) is 11.8 Å². The Morgan fingerprint density at radius 2 is 2.05 bits per heavy atom. The summed E-state index contributed by atoms with van der Waals surface area (Å²) in [6.07, 6.45) is 0.896. The van der Waals surface area contributed by atoms with E-state index in [9.17, 15) is 9.59 Å². The first kappa shape index (κ1) is 15.8. The Morgan fingerprint density at radius 3 is 2.65 bits per heavy atom. The lowest BCUT2D eigenvalue weighted by atomic mass is 10.2. The Kier molecular flexibility index (Phi) is 6.36. The van der Waals surface area contributed by atoms with E-state index in [0.29, 0.717) is 23.7 Å². The molecule has 0 aliphatic heterocycles. The van der Waals surface area contributed by atoms with Gasteiger partial charge in [0, 0.05) is 19.2 Å². The van der Waals surface area contributed by atoms with E-state index in [4.69, 9.17) is 4.74 Å². The van der Waals surface area contributed by atoms with Crippen LogP contribution < -0.4 is 20.7 Å². The summed E-state index contributed by atoms with van der Waals surface area (Å²) in [6.45, 7) is 4.24. The topological polar surface area (TPSA) is 79.5 Å². The van der Waals surface area contributed by atoms with Crippen LogP contribution in [0.2, 0.25) is 0 Å². The van der Waals surface area contributed by atoms with Crippen LogP contribution in [-0.2, 0) is 9.59 Å². The van der Waals surface area contributed by atoms with Crippen LogP contribution in [0.15, 0.2) is 18.2 Å². The number of methoxy groups -OCH3 is 1. The maximum absolute atomic E-state index is 11.6. The van der Waals surface area contributed by atoms with E-state index in [2.05, 4.69) is 16.0 Å². The van der Waals surface area contributed by atoms with Crippen LogP contribution in [0.25, 0.3) is 0 Å². The zero-order valence-electron chi connectivity index (χ0n) is 12.1. The summed E-state index contributed by atoms with van der Waals surface area (Å²) >= 11 is 0. The van der Waals surface area contributed by atoms with Crippen LogP contribution in [0.5, 0.6) is 5.75 Å². The maximum Gasteiger partial charge on any atom is 0.239 e. The first-order chi connectivity index (χ1) is 9.56. The standard InChI is InChI=1S/C14H21N3O3/c1-4-7-15-14(19)9-16-12-8-11(17-10(2)18)5-6-13(12)20-3/h5-6,8,16H,4,7,9H2,1-3H3,(H,15,19)(H,17,18). The highest BCUT2D eigenvalue weighted by atomic mass is 16.5. The highest BCUT2D eigenvalue weighted by Gasteiger charge is 2.07. The van der Waals surface area contributed by atoms with Gasteiger partial charge < -0.3 is 20.7 Å². The summed E-state index contributed by atoms with van der Waals surface area (Å²) in [7, 11) is 1.55. The van der Waals surface area contributed by atoms with Gasteiger partial charge in [0.05, 0.1) is 19.3 Å². The number of nitrogens with one attached hydrogen (secondary N) is 3. The fourth-order valence-electron chi connectivity index (χ4n) is 1.63. The minimum absolute atomic E-state index is 0.0844. The second kappa shape index (κ2) is 8.04. The van der Waals surface area contributed by atoms with Crippen molar-refractivity contribution in [3.8, 4) is 5.75 Å². The molecule has 0 spiro atoms. The summed E-state index contributed by atoms with van der Waals surface area (Å²) in [5, 5.41) is 8.46. The van der Waals surface area contributed by atoms with E-state index in [1.807, 2.05) is 6.92 Å². The van der Waals surface area contributed by atoms with Crippen LogP contribution in [0.3, 0.4) is 0 Å². The third-order valence-corrected chi connectivity index (χ3v) is 2.53. The van der Waals surface area contributed by atoms with E-state index >= 15 is 0 Å². The van der Waals surface area contributed by atoms with Crippen molar-refractivity contribution in [1.29, 1.82) is 0 Å². The van der Waals surface area contributed by atoms with Crippen molar-refractivity contribution in [2.45, 2.75) is 20.3 Å². The second-order valence-electron chi connectivity index (χ2n) is 4.30. The van der Waals surface area contributed by atoms with Crippen molar-refractivity contribution < 1.29 is 14.3 Å². The Morgan fingerprint density at radius 1 is 1.30 bits per heavy atom. The summed E-state index contributed by atoms with van der Waals surface area (Å²) in [5.41, 5.74) is 1.31. The van der Waals surface area contributed by atoms with Crippen molar-refractivity contribution in [3.05, 3.63) is 18.2 Å². The average molecular weight is 279 g/mol. The fraction of sp³-hybridized carbons (Fsp3) is 0.429. The molecule has 110 valence electrons. The zero-order valence-corrected chi connectivity index (χ0v) is 12.1. The molecule has 1 aromatic rings. The molecule has 0 unspecified atom stereocenters. The number of anilines is 2. The van der Waals surface area contributed by atoms with E-state index in [0.717, 1.165) is 6.42 Å². The number of hydrogen-bond donors (Lipinski definition) is 3. The largest absolute Gasteiger partial charge is 0.495 e. The normalized spacial score (nSPS) is 9.75. The molecule has 6 nitrogen and oxygen atoms in total. The molecule has 3 N–H and O–H groups in total. The molecule has 6 heteroatoms. The lowest BCUT2D eigenvalue weighted by Crippen LogP contribution is -2.30. The van der Waals surface area contributed by atoms with Gasteiger partial charge >= 0.3 is 0 Å². The molecule has 0 saturated heterocycles. The van der Waals surface area contributed by atoms with Crippen molar-refractivity contribution >= 4 is 23.2 Å². The fourth-order valence-corrected chi connectivity index (χ4v) is 1.63. The molecule has 0 heterocycles. The van der Waals surface area contributed by atoms with Gasteiger partial charge in [-0.3, -0.25) is 9.59 Å². The number of ether oxygens (including phenoxy) is 1. The molecule has 0 aliphatic carbocycles. The van der Waals surface area contributed by atoms with E-state index in [1.165, 1.54) is 6.92 Å². The lowest BCUT2D eigenvalue weighted by Gasteiger charge is -2.13. The number of carbonyl (C=O) groups is 2. The smallest absolute Gasteiger partial charge is 0.239 e. The Labute approximate surface area is 118 Å². The first-order valence-electron chi connectivity index (χ1n) is 6.53. The third-order valence-electron chi connectivity index (χ3n) is 2.53. The molecule has 0 aliphatic rings. The average Bonchev–Trinajstić information content (AvgIpc) is 2.42. The number of hydrogen-bond acceptors (Lipinski definition) is 4. The van der Waals surface area contributed by atoms with Crippen molar-refractivity contribution in [2.24, 2.45) is 0 Å². The molecule has 0 aromatic heterocycles. The van der Waals surface area contributed by atoms with Crippen molar-refractivity contribution in [3.63, 3.8) is 0 Å². The summed E-state index contributed by atoms with van der Waals surface area (Å²) in [5.74, 6) is 0.378. The van der Waals surface area contributed by atoms with Gasteiger partial charge in [-0.1, -0.05) is 6.92 Å². The van der Waals surface area contributed by atoms with Gasteiger partial charge in [0.25, 0.3) is 0 Å². The molecule has 0 atom stereocenters. The lowest BCUT2D eigenvalue weighted by molar-refractivity contribution is -0.119. The van der Waals surface area contributed by atoms with Crippen molar-refractivity contribution in [1.82, 2.24) is 5.32 Å². The molecular weight excluding hydrogens is 258 g/mol.